The molecule has 51 heavy (non-hydrogen) atoms. The summed E-state index contributed by atoms with van der Waals surface area (Å²) in [6, 6.07) is 9.23. The zero-order chi connectivity index (χ0) is 35.8. The van der Waals surface area contributed by atoms with Crippen LogP contribution in [0.15, 0.2) is 24.3 Å². The second-order valence-corrected chi connectivity index (χ2v) is 17.2. The van der Waals surface area contributed by atoms with Crippen molar-refractivity contribution in [2.45, 2.75) is 138 Å². The minimum atomic E-state index is -0.0477. The van der Waals surface area contributed by atoms with Crippen molar-refractivity contribution in [2.75, 3.05) is 43.0 Å². The number of para-hydroxylation sites is 1. The largest absolute Gasteiger partial charge is 0.385 e. The maximum Gasteiger partial charge on any atom is 0.315 e. The summed E-state index contributed by atoms with van der Waals surface area (Å²) in [4.78, 5) is 51.1. The number of carbonyl (C=O) groups is 4. The number of aryl methyl sites for hydroxylation is 1. The molecule has 284 valence electrons. The number of thioether (sulfide) groups is 2. The van der Waals surface area contributed by atoms with E-state index in [2.05, 4.69) is 68.0 Å². The molecule has 0 saturated carbocycles. The molecule has 0 aromatic heterocycles. The fraction of sp³-hybridized carbons (Fsp3) is 0.737. The Labute approximate surface area is 313 Å². The van der Waals surface area contributed by atoms with Crippen LogP contribution in [0, 0.1) is 6.92 Å². The number of carbonyl (C=O) groups excluding carboxylic acids is 4. The average Bonchev–Trinajstić information content (AvgIpc) is 3.87. The highest BCUT2D eigenvalue weighted by Gasteiger charge is 2.43. The van der Waals surface area contributed by atoms with Crippen molar-refractivity contribution < 1.29 is 19.2 Å². The standard InChI is InChI=1S/C38H61N7O4S2/c1-27-15-5-6-16-28(27)39-21-12-4-14-24-45(34(47)20-10-8-18-32-36-30(26-51-32)42-38(49)44-36)23-13-3-2-11-22-40-33(46)19-9-7-17-31-35-29(25-50-31)41-37(48)43-35/h5-6,15-16,29-32,35-36,39H,2-4,7-14,17-26H2,1H3,(H,40,46)(H2,41,43,48)(H2,42,44,49)/t29?,30?,31-,32-,35?,36?/m0/s1. The monoisotopic (exact) mass is 743 g/mol. The first kappa shape index (κ1) is 39.4. The van der Waals surface area contributed by atoms with Gasteiger partial charge in [0, 0.05) is 66.7 Å². The molecule has 1 aromatic rings. The smallest absolute Gasteiger partial charge is 0.315 e. The van der Waals surface area contributed by atoms with Crippen LogP contribution in [0.1, 0.15) is 102 Å². The molecular formula is C38H61N7O4S2. The number of hydrogen-bond donors (Lipinski definition) is 6. The molecule has 6 N–H and O–H groups in total. The molecule has 0 spiro atoms. The summed E-state index contributed by atoms with van der Waals surface area (Å²) >= 11 is 3.86. The molecule has 4 heterocycles. The first-order chi connectivity index (χ1) is 24.9. The predicted molar refractivity (Wildman–Crippen MR) is 209 cm³/mol. The Balaban J connectivity index is 0.918. The predicted octanol–water partition coefficient (Wildman–Crippen LogP) is 5.53. The molecule has 4 fully saturated rings. The number of hydrogen-bond acceptors (Lipinski definition) is 7. The molecule has 4 unspecified atom stereocenters. The van der Waals surface area contributed by atoms with Crippen LogP contribution >= 0.6 is 23.5 Å². The van der Waals surface area contributed by atoms with Gasteiger partial charge >= 0.3 is 12.1 Å². The van der Waals surface area contributed by atoms with Crippen molar-refractivity contribution in [1.29, 1.82) is 0 Å². The van der Waals surface area contributed by atoms with Crippen LogP contribution in [0.4, 0.5) is 15.3 Å². The minimum absolute atomic E-state index is 0.0453. The number of benzene rings is 1. The Kier molecular flexibility index (Phi) is 16.3. The number of nitrogens with zero attached hydrogens (tertiary/aromatic N) is 1. The minimum Gasteiger partial charge on any atom is -0.385 e. The van der Waals surface area contributed by atoms with E-state index in [0.29, 0.717) is 29.9 Å². The Hall–Kier alpha value is -2.80. The van der Waals surface area contributed by atoms with E-state index in [1.807, 2.05) is 23.5 Å². The second kappa shape index (κ2) is 21.0. The summed E-state index contributed by atoms with van der Waals surface area (Å²) < 4.78 is 0. The molecule has 5 rings (SSSR count). The van der Waals surface area contributed by atoms with E-state index in [4.69, 9.17) is 0 Å². The van der Waals surface area contributed by atoms with Crippen molar-refractivity contribution in [1.82, 2.24) is 31.5 Å². The quantitative estimate of drug-likeness (QED) is 0.0604. The van der Waals surface area contributed by atoms with Crippen molar-refractivity contribution in [2.24, 2.45) is 0 Å². The van der Waals surface area contributed by atoms with Crippen molar-refractivity contribution in [3.63, 3.8) is 0 Å². The highest BCUT2D eigenvalue weighted by molar-refractivity contribution is 8.00. The lowest BCUT2D eigenvalue weighted by Gasteiger charge is -2.23. The van der Waals surface area contributed by atoms with Crippen molar-refractivity contribution >= 4 is 53.1 Å². The third-order valence-corrected chi connectivity index (χ3v) is 13.8. The summed E-state index contributed by atoms with van der Waals surface area (Å²) in [6.45, 7) is 5.38. The Morgan fingerprint density at radius 1 is 0.706 bits per heavy atom. The van der Waals surface area contributed by atoms with Gasteiger partial charge in [0.05, 0.1) is 24.2 Å². The fourth-order valence-corrected chi connectivity index (χ4v) is 10.8. The Morgan fingerprint density at radius 3 is 1.92 bits per heavy atom. The Morgan fingerprint density at radius 2 is 1.27 bits per heavy atom. The molecular weight excluding hydrogens is 683 g/mol. The normalized spacial score (nSPS) is 24.6. The van der Waals surface area contributed by atoms with Crippen LogP contribution in [-0.2, 0) is 9.59 Å². The number of anilines is 1. The molecule has 4 aliphatic heterocycles. The third-order valence-electron chi connectivity index (χ3n) is 10.7. The van der Waals surface area contributed by atoms with Gasteiger partial charge in [-0.2, -0.15) is 23.5 Å². The van der Waals surface area contributed by atoms with Crippen LogP contribution in [-0.4, -0.2) is 101 Å². The van der Waals surface area contributed by atoms with Crippen LogP contribution in [0.5, 0.6) is 0 Å². The lowest BCUT2D eigenvalue weighted by Crippen LogP contribution is -2.36. The average molecular weight is 744 g/mol. The zero-order valence-corrected chi connectivity index (χ0v) is 32.2. The van der Waals surface area contributed by atoms with Crippen LogP contribution in [0.2, 0.25) is 0 Å². The van der Waals surface area contributed by atoms with Gasteiger partial charge in [-0.1, -0.05) is 43.9 Å². The molecule has 0 bridgehead atoms. The van der Waals surface area contributed by atoms with Gasteiger partial charge in [0.15, 0.2) is 0 Å². The van der Waals surface area contributed by atoms with E-state index >= 15 is 0 Å². The molecule has 13 heteroatoms. The van der Waals surface area contributed by atoms with E-state index in [0.717, 1.165) is 115 Å². The number of unbranched alkanes of at least 4 members (excludes halogenated alkanes) is 7. The van der Waals surface area contributed by atoms with Crippen molar-refractivity contribution in [3.05, 3.63) is 29.8 Å². The molecule has 6 atom stereocenters. The van der Waals surface area contributed by atoms with Crippen molar-refractivity contribution in [3.8, 4) is 0 Å². The van der Waals surface area contributed by atoms with E-state index in [9.17, 15) is 19.2 Å². The first-order valence-electron chi connectivity index (χ1n) is 19.6. The maximum atomic E-state index is 13.4. The van der Waals surface area contributed by atoms with Gasteiger partial charge in [0.25, 0.3) is 0 Å². The number of urea groups is 2. The molecule has 0 aliphatic carbocycles. The van der Waals surface area contributed by atoms with E-state index in [-0.39, 0.29) is 48.0 Å². The van der Waals surface area contributed by atoms with E-state index < -0.39 is 0 Å². The molecule has 4 saturated heterocycles. The van der Waals surface area contributed by atoms with Crippen LogP contribution in [0.25, 0.3) is 0 Å². The number of nitrogens with one attached hydrogen (secondary N) is 6. The van der Waals surface area contributed by atoms with Gasteiger partial charge in [-0.3, -0.25) is 9.59 Å². The maximum absolute atomic E-state index is 13.4. The first-order valence-corrected chi connectivity index (χ1v) is 21.7. The molecule has 1 aromatic carbocycles. The zero-order valence-electron chi connectivity index (χ0n) is 30.5. The fourth-order valence-electron chi connectivity index (χ4n) is 7.75. The number of amides is 6. The Bertz CT molecular complexity index is 1290. The van der Waals surface area contributed by atoms with Gasteiger partial charge in [-0.25, -0.2) is 9.59 Å². The molecule has 11 nitrogen and oxygen atoms in total. The number of rotatable bonds is 24. The topological polar surface area (TPSA) is 144 Å². The van der Waals surface area contributed by atoms with E-state index in [1.165, 1.54) is 11.3 Å². The van der Waals surface area contributed by atoms with Gasteiger partial charge in [-0.05, 0) is 76.3 Å². The summed E-state index contributed by atoms with van der Waals surface area (Å²) in [5.74, 6) is 2.34. The molecule has 6 amide bonds. The summed E-state index contributed by atoms with van der Waals surface area (Å²) in [5, 5.41) is 19.6. The van der Waals surface area contributed by atoms with E-state index in [1.54, 1.807) is 0 Å². The summed E-state index contributed by atoms with van der Waals surface area (Å²) in [6.07, 6.45) is 14.2. The number of fused-ring (bicyclic) bond motifs is 2. The highest BCUT2D eigenvalue weighted by Crippen LogP contribution is 2.34. The van der Waals surface area contributed by atoms with Gasteiger partial charge in [0.2, 0.25) is 11.8 Å². The molecule has 4 aliphatic rings. The van der Waals surface area contributed by atoms with Crippen LogP contribution in [0.3, 0.4) is 0 Å². The summed E-state index contributed by atoms with van der Waals surface area (Å²) in [7, 11) is 0. The third kappa shape index (κ3) is 12.7. The SMILES string of the molecule is Cc1ccccc1NCCCCCN(CCCCCCNC(=O)CCCC[C@@H]1SCC2NC(=O)NC21)C(=O)CCCC[C@@H]1SCC2NC(=O)NC21. The second-order valence-electron chi connectivity index (χ2n) is 14.7. The lowest BCUT2D eigenvalue weighted by molar-refractivity contribution is -0.131. The lowest BCUT2D eigenvalue weighted by atomic mass is 10.0. The highest BCUT2D eigenvalue weighted by atomic mass is 32.2. The van der Waals surface area contributed by atoms with Gasteiger partial charge < -0.3 is 36.8 Å². The molecule has 0 radical (unpaired) electrons. The summed E-state index contributed by atoms with van der Waals surface area (Å²) in [5.41, 5.74) is 2.45. The van der Waals surface area contributed by atoms with Gasteiger partial charge in [0.1, 0.15) is 0 Å². The van der Waals surface area contributed by atoms with Crippen LogP contribution < -0.4 is 31.9 Å². The van der Waals surface area contributed by atoms with Gasteiger partial charge in [-0.15, -0.1) is 0 Å².